The molecule has 7 heteroatoms. The van der Waals surface area contributed by atoms with Gasteiger partial charge in [0, 0.05) is 6.04 Å². The first-order valence-electron chi connectivity index (χ1n) is 5.65. The van der Waals surface area contributed by atoms with Gasteiger partial charge in [0.2, 0.25) is 0 Å². The third-order valence-corrected chi connectivity index (χ3v) is 5.94. The molecule has 2 rings (SSSR count). The van der Waals surface area contributed by atoms with Crippen LogP contribution < -0.4 is 5.73 Å². The van der Waals surface area contributed by atoms with Crippen LogP contribution in [0.25, 0.3) is 0 Å². The molecular formula is C12H14FN3S3. The van der Waals surface area contributed by atoms with Crippen molar-refractivity contribution in [3.8, 4) is 0 Å². The van der Waals surface area contributed by atoms with Crippen LogP contribution in [-0.4, -0.2) is 22.5 Å². The fourth-order valence-electron chi connectivity index (χ4n) is 1.57. The zero-order valence-corrected chi connectivity index (χ0v) is 13.0. The summed E-state index contributed by atoms with van der Waals surface area (Å²) < 4.78 is 14.8. The van der Waals surface area contributed by atoms with E-state index in [2.05, 4.69) is 10.2 Å². The molecule has 1 aromatic heterocycles. The molecular weight excluding hydrogens is 301 g/mol. The Bertz CT molecular complexity index is 527. The molecule has 0 radical (unpaired) electrons. The summed E-state index contributed by atoms with van der Waals surface area (Å²) in [5, 5.41) is 8.24. The minimum atomic E-state index is -0.238. The van der Waals surface area contributed by atoms with E-state index in [9.17, 15) is 4.39 Å². The van der Waals surface area contributed by atoms with Gasteiger partial charge in [-0.3, -0.25) is 0 Å². The van der Waals surface area contributed by atoms with E-state index in [0.29, 0.717) is 0 Å². The lowest BCUT2D eigenvalue weighted by Gasteiger charge is -2.19. The van der Waals surface area contributed by atoms with Crippen LogP contribution in [0.2, 0.25) is 0 Å². The SMILES string of the molecule is CSc1nnc(SC(c2ccc(F)cc2)C(C)N)s1. The van der Waals surface area contributed by atoms with Crippen LogP contribution in [0.3, 0.4) is 0 Å². The average Bonchev–Trinajstić information content (AvgIpc) is 2.85. The second-order valence-electron chi connectivity index (χ2n) is 3.99. The lowest BCUT2D eigenvalue weighted by atomic mass is 10.1. The van der Waals surface area contributed by atoms with E-state index in [4.69, 9.17) is 5.73 Å². The Kier molecular flexibility index (Phi) is 5.20. The molecule has 0 fully saturated rings. The van der Waals surface area contributed by atoms with Crippen LogP contribution in [0.15, 0.2) is 32.9 Å². The zero-order chi connectivity index (χ0) is 13.8. The number of halogens is 1. The Labute approximate surface area is 124 Å². The molecule has 2 N–H and O–H groups in total. The molecule has 3 nitrogen and oxygen atoms in total. The highest BCUT2D eigenvalue weighted by molar-refractivity contribution is 8.03. The van der Waals surface area contributed by atoms with Gasteiger partial charge in [0.05, 0.1) is 5.25 Å². The van der Waals surface area contributed by atoms with E-state index in [1.54, 1.807) is 47.0 Å². The molecule has 2 unspecified atom stereocenters. The highest BCUT2D eigenvalue weighted by Gasteiger charge is 2.20. The molecule has 0 bridgehead atoms. The number of nitrogens with two attached hydrogens (primary N) is 1. The predicted octanol–water partition coefficient (Wildman–Crippen LogP) is 3.58. The van der Waals surface area contributed by atoms with Gasteiger partial charge in [-0.25, -0.2) is 4.39 Å². The van der Waals surface area contributed by atoms with Crippen molar-refractivity contribution in [3.63, 3.8) is 0 Å². The van der Waals surface area contributed by atoms with E-state index in [0.717, 1.165) is 14.2 Å². The minimum Gasteiger partial charge on any atom is -0.327 e. The first-order valence-corrected chi connectivity index (χ1v) is 8.57. The van der Waals surface area contributed by atoms with E-state index in [1.165, 1.54) is 12.1 Å². The van der Waals surface area contributed by atoms with Crippen molar-refractivity contribution in [2.24, 2.45) is 5.73 Å². The van der Waals surface area contributed by atoms with Crippen LogP contribution in [0.1, 0.15) is 17.7 Å². The number of rotatable bonds is 5. The largest absolute Gasteiger partial charge is 0.327 e. The maximum Gasteiger partial charge on any atom is 0.175 e. The predicted molar refractivity (Wildman–Crippen MR) is 80.3 cm³/mol. The third-order valence-electron chi connectivity index (χ3n) is 2.47. The molecule has 0 saturated heterocycles. The Hall–Kier alpha value is -0.630. The van der Waals surface area contributed by atoms with Gasteiger partial charge in [0.1, 0.15) is 5.82 Å². The molecule has 0 spiro atoms. The average molecular weight is 315 g/mol. The van der Waals surface area contributed by atoms with E-state index < -0.39 is 0 Å². The highest BCUT2D eigenvalue weighted by atomic mass is 32.2. The molecule has 2 aromatic rings. The Morgan fingerprint density at radius 1 is 1.21 bits per heavy atom. The van der Waals surface area contributed by atoms with Crippen LogP contribution >= 0.6 is 34.9 Å². The molecule has 0 amide bonds. The Morgan fingerprint density at radius 3 is 2.37 bits per heavy atom. The summed E-state index contributed by atoms with van der Waals surface area (Å²) in [6.07, 6.45) is 1.97. The third kappa shape index (κ3) is 3.92. The molecule has 1 aromatic carbocycles. The lowest BCUT2D eigenvalue weighted by Crippen LogP contribution is -2.22. The van der Waals surface area contributed by atoms with Gasteiger partial charge < -0.3 is 5.73 Å². The normalized spacial score (nSPS) is 14.3. The van der Waals surface area contributed by atoms with Gasteiger partial charge in [0.25, 0.3) is 0 Å². The molecule has 0 aliphatic rings. The van der Waals surface area contributed by atoms with Crippen LogP contribution in [0, 0.1) is 5.82 Å². The van der Waals surface area contributed by atoms with Crippen molar-refractivity contribution >= 4 is 34.9 Å². The quantitative estimate of drug-likeness (QED) is 0.855. The van der Waals surface area contributed by atoms with E-state index >= 15 is 0 Å². The van der Waals surface area contributed by atoms with E-state index in [1.807, 2.05) is 13.2 Å². The summed E-state index contributed by atoms with van der Waals surface area (Å²) >= 11 is 4.70. The van der Waals surface area contributed by atoms with Crippen LogP contribution in [0.4, 0.5) is 4.39 Å². The van der Waals surface area contributed by atoms with Gasteiger partial charge in [-0.2, -0.15) is 0 Å². The summed E-state index contributed by atoms with van der Waals surface area (Å²) in [6.45, 7) is 1.94. The highest BCUT2D eigenvalue weighted by Crippen LogP contribution is 2.39. The standard InChI is InChI=1S/C12H14FN3S3/c1-7(14)10(8-3-5-9(13)6-4-8)18-12-16-15-11(17-2)19-12/h3-7,10H,14H2,1-2H3. The first kappa shape index (κ1) is 14.8. The van der Waals surface area contributed by atoms with E-state index in [-0.39, 0.29) is 17.1 Å². The van der Waals surface area contributed by atoms with Gasteiger partial charge >= 0.3 is 0 Å². The van der Waals surface area contributed by atoms with Gasteiger partial charge in [-0.05, 0) is 30.9 Å². The lowest BCUT2D eigenvalue weighted by molar-refractivity contribution is 0.625. The first-order chi connectivity index (χ1) is 9.10. The Morgan fingerprint density at radius 2 is 1.84 bits per heavy atom. The van der Waals surface area contributed by atoms with Crippen molar-refractivity contribution in [2.75, 3.05) is 6.26 Å². The zero-order valence-electron chi connectivity index (χ0n) is 10.5. The summed E-state index contributed by atoms with van der Waals surface area (Å²) in [5.74, 6) is -0.238. The number of thioether (sulfide) groups is 2. The molecule has 19 heavy (non-hydrogen) atoms. The summed E-state index contributed by atoms with van der Waals surface area (Å²) in [5.41, 5.74) is 7.03. The molecule has 1 heterocycles. The summed E-state index contributed by atoms with van der Waals surface area (Å²) in [4.78, 5) is 0. The van der Waals surface area contributed by atoms with Crippen LogP contribution in [0.5, 0.6) is 0 Å². The van der Waals surface area contributed by atoms with Crippen molar-refractivity contribution in [1.29, 1.82) is 0 Å². The van der Waals surface area contributed by atoms with Crippen molar-refractivity contribution in [1.82, 2.24) is 10.2 Å². The van der Waals surface area contributed by atoms with Crippen molar-refractivity contribution in [2.45, 2.75) is 26.9 Å². The fraction of sp³-hybridized carbons (Fsp3) is 0.333. The molecule has 0 aliphatic heterocycles. The molecule has 0 saturated carbocycles. The second-order valence-corrected chi connectivity index (χ2v) is 7.41. The minimum absolute atomic E-state index is 0.0447. The fourth-order valence-corrected chi connectivity index (χ4v) is 4.28. The van der Waals surface area contributed by atoms with Crippen molar-refractivity contribution < 1.29 is 4.39 Å². The molecule has 102 valence electrons. The number of benzene rings is 1. The van der Waals surface area contributed by atoms with Crippen molar-refractivity contribution in [3.05, 3.63) is 35.6 Å². The Balaban J connectivity index is 2.18. The number of hydrogen-bond donors (Lipinski definition) is 1. The monoisotopic (exact) mass is 315 g/mol. The number of aromatic nitrogens is 2. The smallest absolute Gasteiger partial charge is 0.175 e. The van der Waals surface area contributed by atoms with Gasteiger partial charge in [-0.15, -0.1) is 10.2 Å². The molecule has 0 aliphatic carbocycles. The maximum atomic E-state index is 13.0. The number of hydrogen-bond acceptors (Lipinski definition) is 6. The maximum absolute atomic E-state index is 13.0. The van der Waals surface area contributed by atoms with Gasteiger partial charge in [-0.1, -0.05) is 47.0 Å². The number of nitrogens with zero attached hydrogens (tertiary/aromatic N) is 2. The topological polar surface area (TPSA) is 51.8 Å². The molecule has 2 atom stereocenters. The van der Waals surface area contributed by atoms with Crippen LogP contribution in [-0.2, 0) is 0 Å². The summed E-state index contributed by atoms with van der Waals surface area (Å²) in [7, 11) is 0. The summed E-state index contributed by atoms with van der Waals surface area (Å²) in [6, 6.07) is 6.40. The van der Waals surface area contributed by atoms with Gasteiger partial charge in [0.15, 0.2) is 8.68 Å². The second kappa shape index (κ2) is 6.69.